The molecule has 0 aliphatic carbocycles. The molecular weight excluding hydrogens is 330 g/mol. The lowest BCUT2D eigenvalue weighted by molar-refractivity contribution is 0.144. The molecule has 0 saturated heterocycles. The van der Waals surface area contributed by atoms with Crippen LogP contribution in [0.4, 0.5) is 0 Å². The summed E-state index contributed by atoms with van der Waals surface area (Å²) in [5.41, 5.74) is 1.98. The number of nitrogens with one attached hydrogen (secondary N) is 1. The Bertz CT molecular complexity index is 791. The third-order valence-electron chi connectivity index (χ3n) is 3.72. The van der Waals surface area contributed by atoms with Crippen LogP contribution in [0.5, 0.6) is 11.8 Å². The number of benzene rings is 2. The van der Waals surface area contributed by atoms with E-state index in [1.54, 1.807) is 4.68 Å². The molecule has 1 heterocycles. The molecule has 0 saturated carbocycles. The van der Waals surface area contributed by atoms with Crippen molar-refractivity contribution in [1.29, 1.82) is 0 Å². The number of tetrazole rings is 1. The van der Waals surface area contributed by atoms with Crippen LogP contribution < -0.4 is 10.1 Å². The van der Waals surface area contributed by atoms with Gasteiger partial charge in [0.25, 0.3) is 0 Å². The van der Waals surface area contributed by atoms with Crippen LogP contribution in [0.3, 0.4) is 0 Å². The van der Waals surface area contributed by atoms with Gasteiger partial charge < -0.3 is 14.8 Å². The smallest absolute Gasteiger partial charge is 0.345 e. The fourth-order valence-electron chi connectivity index (χ4n) is 2.47. The molecule has 26 heavy (non-hydrogen) atoms. The zero-order chi connectivity index (χ0) is 18.0. The van der Waals surface area contributed by atoms with E-state index in [9.17, 15) is 0 Å². The molecule has 0 atom stereocenters. The summed E-state index contributed by atoms with van der Waals surface area (Å²) in [6, 6.07) is 17.9. The number of ether oxygens (including phenoxy) is 2. The standard InChI is InChI=1S/C19H23N5O2/c1-2-25-13-7-12-20-15-16-8-6-11-18(14-16)26-19-21-22-23-24(19)17-9-4-3-5-10-17/h3-6,8-11,14,20H,2,7,12-13,15H2,1H3. The predicted molar refractivity (Wildman–Crippen MR) is 98.5 cm³/mol. The van der Waals surface area contributed by atoms with Crippen LogP contribution in [0, 0.1) is 0 Å². The molecule has 3 rings (SSSR count). The third-order valence-corrected chi connectivity index (χ3v) is 3.72. The van der Waals surface area contributed by atoms with Crippen molar-refractivity contribution in [3.63, 3.8) is 0 Å². The first kappa shape index (κ1) is 18.0. The quantitative estimate of drug-likeness (QED) is 0.565. The van der Waals surface area contributed by atoms with Crippen LogP contribution in [0.1, 0.15) is 18.9 Å². The van der Waals surface area contributed by atoms with E-state index in [0.29, 0.717) is 11.8 Å². The van der Waals surface area contributed by atoms with Gasteiger partial charge in [-0.05, 0) is 60.1 Å². The fraction of sp³-hybridized carbons (Fsp3) is 0.316. The summed E-state index contributed by atoms with van der Waals surface area (Å²) in [4.78, 5) is 0. The maximum Gasteiger partial charge on any atom is 0.345 e. The normalized spacial score (nSPS) is 10.8. The molecule has 0 aliphatic heterocycles. The van der Waals surface area contributed by atoms with E-state index < -0.39 is 0 Å². The monoisotopic (exact) mass is 353 g/mol. The van der Waals surface area contributed by atoms with E-state index in [4.69, 9.17) is 9.47 Å². The van der Waals surface area contributed by atoms with Crippen molar-refractivity contribution < 1.29 is 9.47 Å². The van der Waals surface area contributed by atoms with Gasteiger partial charge in [-0.1, -0.05) is 35.4 Å². The number of hydrogen-bond donors (Lipinski definition) is 1. The first-order chi connectivity index (χ1) is 12.9. The van der Waals surface area contributed by atoms with Gasteiger partial charge in [0.2, 0.25) is 0 Å². The summed E-state index contributed by atoms with van der Waals surface area (Å²) in [6.45, 7) is 5.24. The highest BCUT2D eigenvalue weighted by Crippen LogP contribution is 2.22. The van der Waals surface area contributed by atoms with Gasteiger partial charge in [-0.3, -0.25) is 0 Å². The summed E-state index contributed by atoms with van der Waals surface area (Å²) < 4.78 is 12.8. The lowest BCUT2D eigenvalue weighted by Crippen LogP contribution is -2.16. The van der Waals surface area contributed by atoms with E-state index in [1.807, 2.05) is 55.5 Å². The van der Waals surface area contributed by atoms with Gasteiger partial charge in [-0.2, -0.15) is 4.68 Å². The third kappa shape index (κ3) is 5.11. The van der Waals surface area contributed by atoms with E-state index in [2.05, 4.69) is 26.9 Å². The van der Waals surface area contributed by atoms with E-state index >= 15 is 0 Å². The van der Waals surface area contributed by atoms with Gasteiger partial charge in [0.1, 0.15) is 5.75 Å². The minimum absolute atomic E-state index is 0.332. The molecule has 0 unspecified atom stereocenters. The molecule has 0 spiro atoms. The number of para-hydroxylation sites is 1. The largest absolute Gasteiger partial charge is 0.423 e. The molecule has 0 aliphatic rings. The molecule has 7 nitrogen and oxygen atoms in total. The second-order valence-corrected chi connectivity index (χ2v) is 5.69. The zero-order valence-corrected chi connectivity index (χ0v) is 14.8. The van der Waals surface area contributed by atoms with E-state index in [0.717, 1.165) is 44.0 Å². The average molecular weight is 353 g/mol. The Labute approximate surface area is 152 Å². The first-order valence-electron chi connectivity index (χ1n) is 8.76. The van der Waals surface area contributed by atoms with Crippen molar-refractivity contribution in [1.82, 2.24) is 25.5 Å². The maximum atomic E-state index is 5.88. The Morgan fingerprint density at radius 1 is 1.08 bits per heavy atom. The molecule has 3 aromatic rings. The maximum absolute atomic E-state index is 5.88. The molecule has 7 heteroatoms. The van der Waals surface area contributed by atoms with E-state index in [-0.39, 0.29) is 0 Å². The van der Waals surface area contributed by atoms with Crippen LogP contribution in [-0.2, 0) is 11.3 Å². The van der Waals surface area contributed by atoms with Gasteiger partial charge in [0.05, 0.1) is 5.69 Å². The first-order valence-corrected chi connectivity index (χ1v) is 8.76. The van der Waals surface area contributed by atoms with Crippen LogP contribution >= 0.6 is 0 Å². The number of rotatable bonds is 10. The second-order valence-electron chi connectivity index (χ2n) is 5.69. The van der Waals surface area contributed by atoms with Crippen molar-refractivity contribution in [3.05, 3.63) is 60.2 Å². The van der Waals surface area contributed by atoms with Gasteiger partial charge >= 0.3 is 6.01 Å². The Balaban J connectivity index is 1.59. The van der Waals surface area contributed by atoms with Crippen molar-refractivity contribution >= 4 is 0 Å². The van der Waals surface area contributed by atoms with E-state index in [1.165, 1.54) is 0 Å². The Morgan fingerprint density at radius 3 is 2.81 bits per heavy atom. The van der Waals surface area contributed by atoms with Gasteiger partial charge in [0, 0.05) is 19.8 Å². The number of hydrogen-bond acceptors (Lipinski definition) is 6. The van der Waals surface area contributed by atoms with Crippen molar-refractivity contribution in [2.45, 2.75) is 19.9 Å². The lowest BCUT2D eigenvalue weighted by atomic mass is 10.2. The van der Waals surface area contributed by atoms with Crippen molar-refractivity contribution in [2.75, 3.05) is 19.8 Å². The van der Waals surface area contributed by atoms with Crippen molar-refractivity contribution in [3.8, 4) is 17.4 Å². The minimum atomic E-state index is 0.332. The molecule has 0 bridgehead atoms. The summed E-state index contributed by atoms with van der Waals surface area (Å²) in [5, 5.41) is 15.1. The fourth-order valence-corrected chi connectivity index (χ4v) is 2.47. The Hall–Kier alpha value is -2.77. The summed E-state index contributed by atoms with van der Waals surface area (Å²) in [7, 11) is 0. The minimum Gasteiger partial charge on any atom is -0.423 e. The Morgan fingerprint density at radius 2 is 1.96 bits per heavy atom. The number of aromatic nitrogens is 4. The van der Waals surface area contributed by atoms with Crippen LogP contribution in [0.15, 0.2) is 54.6 Å². The molecule has 1 aromatic heterocycles. The molecule has 0 fully saturated rings. The lowest BCUT2D eigenvalue weighted by Gasteiger charge is -2.09. The highest BCUT2D eigenvalue weighted by Gasteiger charge is 2.10. The van der Waals surface area contributed by atoms with Gasteiger partial charge in [0.15, 0.2) is 0 Å². The average Bonchev–Trinajstić information content (AvgIpc) is 3.14. The van der Waals surface area contributed by atoms with Crippen LogP contribution in [-0.4, -0.2) is 40.0 Å². The summed E-state index contributed by atoms with van der Waals surface area (Å²) in [6.07, 6.45) is 0.996. The molecular formula is C19H23N5O2. The highest BCUT2D eigenvalue weighted by atomic mass is 16.5. The SMILES string of the molecule is CCOCCCNCc1cccc(Oc2nnnn2-c2ccccc2)c1. The molecule has 0 radical (unpaired) electrons. The predicted octanol–water partition coefficient (Wildman–Crippen LogP) is 2.97. The molecule has 2 aromatic carbocycles. The van der Waals surface area contributed by atoms with Gasteiger partial charge in [-0.25, -0.2) is 0 Å². The topological polar surface area (TPSA) is 74.1 Å². The van der Waals surface area contributed by atoms with Gasteiger partial charge in [-0.15, -0.1) is 0 Å². The zero-order valence-electron chi connectivity index (χ0n) is 14.8. The molecule has 136 valence electrons. The van der Waals surface area contributed by atoms with Crippen molar-refractivity contribution in [2.24, 2.45) is 0 Å². The van der Waals surface area contributed by atoms with Crippen LogP contribution in [0.2, 0.25) is 0 Å². The summed E-state index contributed by atoms with van der Waals surface area (Å²) in [5.74, 6) is 0.700. The van der Waals surface area contributed by atoms with Crippen LogP contribution in [0.25, 0.3) is 5.69 Å². The highest BCUT2D eigenvalue weighted by molar-refractivity contribution is 5.34. The summed E-state index contributed by atoms with van der Waals surface area (Å²) >= 11 is 0. The number of nitrogens with zero attached hydrogens (tertiary/aromatic N) is 4. The Kier molecular flexibility index (Phi) is 6.69. The molecule has 0 amide bonds. The molecule has 1 N–H and O–H groups in total. The second kappa shape index (κ2) is 9.65.